The zero-order valence-electron chi connectivity index (χ0n) is 11.8. The number of hydrogen-bond acceptors (Lipinski definition) is 2. The molecule has 1 N–H and O–H groups in total. The van der Waals surface area contributed by atoms with Gasteiger partial charge in [0, 0.05) is 0 Å². The Bertz CT molecular complexity index is 598. The molecule has 0 fully saturated rings. The van der Waals surface area contributed by atoms with Crippen molar-refractivity contribution in [3.63, 3.8) is 0 Å². The molecule has 20 heavy (non-hydrogen) atoms. The quantitative estimate of drug-likeness (QED) is 0.870. The van der Waals surface area contributed by atoms with E-state index < -0.39 is 5.97 Å². The van der Waals surface area contributed by atoms with E-state index in [1.807, 2.05) is 0 Å². The van der Waals surface area contributed by atoms with E-state index in [0.29, 0.717) is 0 Å². The second-order valence-electron chi connectivity index (χ2n) is 5.57. The number of rotatable bonds is 3. The molecule has 0 atom stereocenters. The van der Waals surface area contributed by atoms with Gasteiger partial charge in [-0.15, -0.1) is 0 Å². The minimum absolute atomic E-state index is 0.105. The van der Waals surface area contributed by atoms with Crippen LogP contribution < -0.4 is 9.05 Å². The predicted octanol–water partition coefficient (Wildman–Crippen LogP) is 1.73. The van der Waals surface area contributed by atoms with Crippen molar-refractivity contribution in [2.75, 3.05) is 0 Å². The van der Waals surface area contributed by atoms with Gasteiger partial charge in [0.05, 0.1) is 0 Å². The fraction of sp³-hybridized carbons (Fsp3) is 0.250. The monoisotopic (exact) mass is 335 g/mol. The van der Waals surface area contributed by atoms with Crippen molar-refractivity contribution in [2.24, 2.45) is 0 Å². The summed E-state index contributed by atoms with van der Waals surface area (Å²) >= 11 is 0.105. The molecule has 0 aliphatic carbocycles. The van der Waals surface area contributed by atoms with E-state index >= 15 is 0 Å². The Morgan fingerprint density at radius 3 is 2.20 bits per heavy atom. The van der Waals surface area contributed by atoms with Gasteiger partial charge in [-0.2, -0.15) is 0 Å². The van der Waals surface area contributed by atoms with Crippen LogP contribution in [0.3, 0.4) is 0 Å². The average Bonchev–Trinajstić information content (AvgIpc) is 2.39. The SMILES string of the molecule is CC(C)(C)c1ccc([Se]c2ccc(C(=O)O)cn2)cc1. The predicted molar refractivity (Wildman–Crippen MR) is 81.4 cm³/mol. The number of carboxylic acid groups (broad SMARTS) is 1. The van der Waals surface area contributed by atoms with Gasteiger partial charge in [-0.05, 0) is 0 Å². The second kappa shape index (κ2) is 5.78. The van der Waals surface area contributed by atoms with E-state index in [9.17, 15) is 4.79 Å². The van der Waals surface area contributed by atoms with E-state index in [-0.39, 0.29) is 25.9 Å². The number of benzene rings is 1. The van der Waals surface area contributed by atoms with Crippen LogP contribution in [0.1, 0.15) is 36.7 Å². The van der Waals surface area contributed by atoms with Crippen LogP contribution in [-0.4, -0.2) is 31.0 Å². The van der Waals surface area contributed by atoms with Gasteiger partial charge in [0.15, 0.2) is 0 Å². The summed E-state index contributed by atoms with van der Waals surface area (Å²) in [6.45, 7) is 6.58. The number of hydrogen-bond donors (Lipinski definition) is 1. The van der Waals surface area contributed by atoms with Gasteiger partial charge in [0.25, 0.3) is 0 Å². The van der Waals surface area contributed by atoms with Gasteiger partial charge >= 0.3 is 125 Å². The molecule has 104 valence electrons. The maximum atomic E-state index is 10.8. The van der Waals surface area contributed by atoms with Crippen LogP contribution >= 0.6 is 0 Å². The number of aromatic nitrogens is 1. The molecule has 1 aromatic heterocycles. The van der Waals surface area contributed by atoms with Gasteiger partial charge in [-0.3, -0.25) is 0 Å². The molecule has 3 nitrogen and oxygen atoms in total. The van der Waals surface area contributed by atoms with E-state index in [0.717, 1.165) is 4.59 Å². The first kappa shape index (κ1) is 14.8. The van der Waals surface area contributed by atoms with Gasteiger partial charge in [-0.1, -0.05) is 0 Å². The number of pyridine rings is 1. The Morgan fingerprint density at radius 2 is 1.75 bits per heavy atom. The Kier molecular flexibility index (Phi) is 4.26. The summed E-state index contributed by atoms with van der Waals surface area (Å²) in [5.41, 5.74) is 1.70. The van der Waals surface area contributed by atoms with Gasteiger partial charge < -0.3 is 0 Å². The van der Waals surface area contributed by atoms with E-state index in [1.165, 1.54) is 16.2 Å². The van der Waals surface area contributed by atoms with Crippen LogP contribution in [0.15, 0.2) is 42.6 Å². The summed E-state index contributed by atoms with van der Waals surface area (Å²) in [4.78, 5) is 15.0. The third kappa shape index (κ3) is 3.69. The molecule has 1 heterocycles. The van der Waals surface area contributed by atoms with E-state index in [4.69, 9.17) is 5.11 Å². The van der Waals surface area contributed by atoms with Gasteiger partial charge in [0.1, 0.15) is 0 Å². The summed E-state index contributed by atoms with van der Waals surface area (Å²) < 4.78 is 2.17. The molecular weight excluding hydrogens is 317 g/mol. The van der Waals surface area contributed by atoms with Gasteiger partial charge in [0.2, 0.25) is 0 Å². The maximum absolute atomic E-state index is 10.8. The van der Waals surface area contributed by atoms with Crippen LogP contribution in [0.2, 0.25) is 0 Å². The average molecular weight is 334 g/mol. The van der Waals surface area contributed by atoms with Crippen molar-refractivity contribution in [3.8, 4) is 0 Å². The zero-order chi connectivity index (χ0) is 14.8. The molecule has 2 aromatic rings. The van der Waals surface area contributed by atoms with Crippen molar-refractivity contribution in [3.05, 3.63) is 53.7 Å². The van der Waals surface area contributed by atoms with Crippen molar-refractivity contribution in [1.29, 1.82) is 0 Å². The van der Waals surface area contributed by atoms with Crippen LogP contribution in [0.5, 0.6) is 0 Å². The first-order valence-electron chi connectivity index (χ1n) is 6.34. The molecule has 0 saturated carbocycles. The molecule has 0 aliphatic rings. The Morgan fingerprint density at radius 1 is 1.10 bits per heavy atom. The normalized spacial score (nSPS) is 11.3. The summed E-state index contributed by atoms with van der Waals surface area (Å²) in [7, 11) is 0. The number of carbonyl (C=O) groups is 1. The molecule has 0 spiro atoms. The molecular formula is C16H17NO2Se. The minimum atomic E-state index is -0.939. The van der Waals surface area contributed by atoms with Crippen LogP contribution in [0, 0.1) is 0 Å². The Labute approximate surface area is 125 Å². The van der Waals surface area contributed by atoms with Crippen LogP contribution in [-0.2, 0) is 5.41 Å². The fourth-order valence-corrected chi connectivity index (χ4v) is 3.30. The van der Waals surface area contributed by atoms with Crippen molar-refractivity contribution >= 4 is 30.0 Å². The Balaban J connectivity index is 2.12. The number of carboxylic acids is 1. The standard InChI is InChI=1S/C16H17NO2Se/c1-16(2,3)12-5-7-13(8-6-12)20-14-9-4-11(10-17-14)15(18)19/h4-10H,1-3H3,(H,18,19). The molecule has 0 unspecified atom stereocenters. The third-order valence-electron chi connectivity index (χ3n) is 2.93. The molecule has 4 heteroatoms. The summed E-state index contributed by atoms with van der Waals surface area (Å²) in [5.74, 6) is -0.939. The van der Waals surface area contributed by atoms with Crippen LogP contribution in [0.25, 0.3) is 0 Å². The van der Waals surface area contributed by atoms with Crippen molar-refractivity contribution < 1.29 is 9.90 Å². The molecule has 0 radical (unpaired) electrons. The molecule has 1 aromatic carbocycles. The van der Waals surface area contributed by atoms with Crippen LogP contribution in [0.4, 0.5) is 0 Å². The second-order valence-corrected chi connectivity index (χ2v) is 7.86. The molecule has 0 amide bonds. The molecule has 0 aliphatic heterocycles. The molecule has 2 rings (SSSR count). The van der Waals surface area contributed by atoms with E-state index in [2.05, 4.69) is 50.0 Å². The third-order valence-corrected chi connectivity index (χ3v) is 4.94. The van der Waals surface area contributed by atoms with Crippen molar-refractivity contribution in [2.45, 2.75) is 26.2 Å². The summed E-state index contributed by atoms with van der Waals surface area (Å²) in [6, 6.07) is 12.0. The first-order chi connectivity index (χ1) is 9.36. The topological polar surface area (TPSA) is 50.2 Å². The number of aromatic carboxylic acids is 1. The van der Waals surface area contributed by atoms with Gasteiger partial charge in [-0.25, -0.2) is 0 Å². The van der Waals surface area contributed by atoms with E-state index in [1.54, 1.807) is 12.1 Å². The molecule has 0 bridgehead atoms. The summed E-state index contributed by atoms with van der Waals surface area (Å²) in [5, 5.41) is 8.84. The summed E-state index contributed by atoms with van der Waals surface area (Å²) in [6.07, 6.45) is 1.42. The first-order valence-corrected chi connectivity index (χ1v) is 8.05. The zero-order valence-corrected chi connectivity index (χ0v) is 13.5. The Hall–Kier alpha value is -1.64. The van der Waals surface area contributed by atoms with Crippen molar-refractivity contribution in [1.82, 2.24) is 4.98 Å². The fourth-order valence-electron chi connectivity index (χ4n) is 1.71. The molecule has 0 saturated heterocycles. The number of nitrogens with zero attached hydrogens (tertiary/aromatic N) is 1.